The highest BCUT2D eigenvalue weighted by Gasteiger charge is 2.18. The summed E-state index contributed by atoms with van der Waals surface area (Å²) in [6.07, 6.45) is 2.55. The molecule has 4 heteroatoms. The summed E-state index contributed by atoms with van der Waals surface area (Å²) in [4.78, 5) is 2.49. The molecule has 1 unspecified atom stereocenters. The van der Waals surface area contributed by atoms with Gasteiger partial charge in [-0.3, -0.25) is 4.90 Å². The zero-order chi connectivity index (χ0) is 12.3. The standard InChI is InChI=1S/C13H18BrClN2/c1-16-12-3-2-6-17(9-12)8-10-7-11(15)4-5-13(10)14/h4-5,7,12,16H,2-3,6,8-9H2,1H3. The van der Waals surface area contributed by atoms with E-state index < -0.39 is 0 Å². The number of likely N-dealkylation sites (tertiary alicyclic amines) is 1. The number of rotatable bonds is 3. The first kappa shape index (κ1) is 13.3. The molecule has 1 atom stereocenters. The van der Waals surface area contributed by atoms with Gasteiger partial charge in [0.15, 0.2) is 0 Å². The van der Waals surface area contributed by atoms with Gasteiger partial charge in [-0.1, -0.05) is 27.5 Å². The van der Waals surface area contributed by atoms with Crippen LogP contribution in [0.5, 0.6) is 0 Å². The summed E-state index contributed by atoms with van der Waals surface area (Å²) >= 11 is 9.63. The predicted molar refractivity (Wildman–Crippen MR) is 76.5 cm³/mol. The molecule has 2 rings (SSSR count). The van der Waals surface area contributed by atoms with Gasteiger partial charge in [0, 0.05) is 28.6 Å². The number of benzene rings is 1. The van der Waals surface area contributed by atoms with Crippen LogP contribution in [0.4, 0.5) is 0 Å². The molecule has 0 bridgehead atoms. The van der Waals surface area contributed by atoms with Crippen LogP contribution in [0, 0.1) is 0 Å². The quantitative estimate of drug-likeness (QED) is 0.920. The van der Waals surface area contributed by atoms with Crippen molar-refractivity contribution in [3.8, 4) is 0 Å². The molecule has 0 radical (unpaired) electrons. The third kappa shape index (κ3) is 3.68. The van der Waals surface area contributed by atoms with Gasteiger partial charge in [0.2, 0.25) is 0 Å². The van der Waals surface area contributed by atoms with Gasteiger partial charge in [0.25, 0.3) is 0 Å². The van der Waals surface area contributed by atoms with Crippen LogP contribution in [0.1, 0.15) is 18.4 Å². The monoisotopic (exact) mass is 316 g/mol. The van der Waals surface area contributed by atoms with E-state index >= 15 is 0 Å². The number of nitrogens with one attached hydrogen (secondary N) is 1. The number of hydrogen-bond acceptors (Lipinski definition) is 2. The lowest BCUT2D eigenvalue weighted by atomic mass is 10.1. The van der Waals surface area contributed by atoms with Gasteiger partial charge in [-0.25, -0.2) is 0 Å². The zero-order valence-electron chi connectivity index (χ0n) is 10.0. The van der Waals surface area contributed by atoms with Crippen molar-refractivity contribution in [2.45, 2.75) is 25.4 Å². The maximum Gasteiger partial charge on any atom is 0.0410 e. The van der Waals surface area contributed by atoms with Crippen LogP contribution in [-0.2, 0) is 6.54 Å². The van der Waals surface area contributed by atoms with Gasteiger partial charge in [0.05, 0.1) is 0 Å². The summed E-state index contributed by atoms with van der Waals surface area (Å²) in [6.45, 7) is 3.27. The summed E-state index contributed by atoms with van der Waals surface area (Å²) < 4.78 is 1.15. The van der Waals surface area contributed by atoms with Crippen molar-refractivity contribution < 1.29 is 0 Å². The SMILES string of the molecule is CNC1CCCN(Cc2cc(Cl)ccc2Br)C1. The van der Waals surface area contributed by atoms with Crippen molar-refractivity contribution in [3.63, 3.8) is 0 Å². The second-order valence-electron chi connectivity index (χ2n) is 4.60. The molecule has 2 nitrogen and oxygen atoms in total. The Balaban J connectivity index is 2.02. The Kier molecular flexibility index (Phi) is 4.86. The highest BCUT2D eigenvalue weighted by molar-refractivity contribution is 9.10. The Morgan fingerprint density at radius 2 is 2.35 bits per heavy atom. The highest BCUT2D eigenvalue weighted by atomic mass is 79.9. The lowest BCUT2D eigenvalue weighted by molar-refractivity contribution is 0.187. The topological polar surface area (TPSA) is 15.3 Å². The van der Waals surface area contributed by atoms with Crippen LogP contribution in [-0.4, -0.2) is 31.1 Å². The maximum atomic E-state index is 6.04. The van der Waals surface area contributed by atoms with E-state index in [1.165, 1.54) is 24.9 Å². The molecule has 0 aromatic heterocycles. The second kappa shape index (κ2) is 6.19. The lowest BCUT2D eigenvalue weighted by Crippen LogP contribution is -2.43. The van der Waals surface area contributed by atoms with E-state index in [0.717, 1.165) is 22.6 Å². The van der Waals surface area contributed by atoms with Crippen molar-refractivity contribution in [3.05, 3.63) is 33.3 Å². The van der Waals surface area contributed by atoms with Crippen LogP contribution in [0.3, 0.4) is 0 Å². The Morgan fingerprint density at radius 3 is 3.12 bits per heavy atom. The second-order valence-corrected chi connectivity index (χ2v) is 5.89. The molecule has 94 valence electrons. The van der Waals surface area contributed by atoms with Crippen LogP contribution in [0.2, 0.25) is 5.02 Å². The van der Waals surface area contributed by atoms with Gasteiger partial charge in [-0.15, -0.1) is 0 Å². The third-order valence-corrected chi connectivity index (χ3v) is 4.32. The zero-order valence-corrected chi connectivity index (χ0v) is 12.4. The average molecular weight is 318 g/mol. The fourth-order valence-electron chi connectivity index (χ4n) is 2.34. The molecular weight excluding hydrogens is 300 g/mol. The first-order chi connectivity index (χ1) is 8.19. The number of likely N-dealkylation sites (N-methyl/N-ethyl adjacent to an activating group) is 1. The largest absolute Gasteiger partial charge is 0.316 e. The number of nitrogens with zero attached hydrogens (tertiary/aromatic N) is 1. The van der Waals surface area contributed by atoms with Crippen molar-refractivity contribution >= 4 is 27.5 Å². The first-order valence-electron chi connectivity index (χ1n) is 6.02. The van der Waals surface area contributed by atoms with Gasteiger partial charge < -0.3 is 5.32 Å². The van der Waals surface area contributed by atoms with Crippen LogP contribution in [0.15, 0.2) is 22.7 Å². The van der Waals surface area contributed by atoms with E-state index in [1.54, 1.807) is 0 Å². The Morgan fingerprint density at radius 1 is 1.53 bits per heavy atom. The molecular formula is C13H18BrClN2. The number of hydrogen-bond donors (Lipinski definition) is 1. The normalized spacial score (nSPS) is 21.7. The van der Waals surface area contributed by atoms with Crippen molar-refractivity contribution in [1.82, 2.24) is 10.2 Å². The fourth-order valence-corrected chi connectivity index (χ4v) is 2.91. The molecule has 1 aliphatic rings. The number of halogens is 2. The van der Waals surface area contributed by atoms with Crippen LogP contribution >= 0.6 is 27.5 Å². The van der Waals surface area contributed by atoms with E-state index in [2.05, 4.69) is 32.2 Å². The summed E-state index contributed by atoms with van der Waals surface area (Å²) in [7, 11) is 2.05. The maximum absolute atomic E-state index is 6.04. The highest BCUT2D eigenvalue weighted by Crippen LogP contribution is 2.23. The van der Waals surface area contributed by atoms with E-state index in [-0.39, 0.29) is 0 Å². The number of piperidine rings is 1. The lowest BCUT2D eigenvalue weighted by Gasteiger charge is -2.32. The molecule has 0 saturated carbocycles. The van der Waals surface area contributed by atoms with Gasteiger partial charge in [-0.2, -0.15) is 0 Å². The van der Waals surface area contributed by atoms with Crippen LogP contribution < -0.4 is 5.32 Å². The molecule has 1 saturated heterocycles. The smallest absolute Gasteiger partial charge is 0.0410 e. The summed E-state index contributed by atoms with van der Waals surface area (Å²) in [5.41, 5.74) is 1.27. The van der Waals surface area contributed by atoms with E-state index in [0.29, 0.717) is 6.04 Å². The average Bonchev–Trinajstić information content (AvgIpc) is 2.34. The summed E-state index contributed by atoms with van der Waals surface area (Å²) in [6, 6.07) is 6.62. The minimum Gasteiger partial charge on any atom is -0.316 e. The van der Waals surface area contributed by atoms with Crippen molar-refractivity contribution in [1.29, 1.82) is 0 Å². The van der Waals surface area contributed by atoms with Gasteiger partial charge in [-0.05, 0) is 50.2 Å². The van der Waals surface area contributed by atoms with Crippen molar-refractivity contribution in [2.75, 3.05) is 20.1 Å². The molecule has 1 aliphatic heterocycles. The Labute approximate surface area is 116 Å². The van der Waals surface area contributed by atoms with E-state index in [9.17, 15) is 0 Å². The van der Waals surface area contributed by atoms with E-state index in [1.807, 2.05) is 19.2 Å². The molecule has 0 amide bonds. The predicted octanol–water partition coefficient (Wildman–Crippen LogP) is 3.29. The molecule has 17 heavy (non-hydrogen) atoms. The molecule has 1 heterocycles. The van der Waals surface area contributed by atoms with Crippen molar-refractivity contribution in [2.24, 2.45) is 0 Å². The molecule has 1 aromatic rings. The minimum absolute atomic E-state index is 0.627. The molecule has 1 aromatic carbocycles. The Hall–Kier alpha value is -0.0900. The van der Waals surface area contributed by atoms with Gasteiger partial charge >= 0.3 is 0 Å². The molecule has 0 spiro atoms. The van der Waals surface area contributed by atoms with Crippen LogP contribution in [0.25, 0.3) is 0 Å². The van der Waals surface area contributed by atoms with Gasteiger partial charge in [0.1, 0.15) is 0 Å². The molecule has 0 aliphatic carbocycles. The summed E-state index contributed by atoms with van der Waals surface area (Å²) in [5, 5.41) is 4.18. The first-order valence-corrected chi connectivity index (χ1v) is 7.19. The third-order valence-electron chi connectivity index (χ3n) is 3.32. The molecule has 1 fully saturated rings. The minimum atomic E-state index is 0.627. The summed E-state index contributed by atoms with van der Waals surface area (Å²) in [5.74, 6) is 0. The molecule has 1 N–H and O–H groups in total. The van der Waals surface area contributed by atoms with E-state index in [4.69, 9.17) is 11.6 Å². The Bertz CT molecular complexity index is 384. The fraction of sp³-hybridized carbons (Fsp3) is 0.538.